The van der Waals surface area contributed by atoms with Gasteiger partial charge in [0.2, 0.25) is 11.8 Å². The molecule has 3 N–H and O–H groups in total. The monoisotopic (exact) mass is 295 g/mol. The molecule has 1 heterocycles. The quantitative estimate of drug-likeness (QED) is 0.589. The molecule has 2 rings (SSSR count). The summed E-state index contributed by atoms with van der Waals surface area (Å²) in [5.74, 6) is -1.52. The van der Waals surface area contributed by atoms with Crippen LogP contribution in [-0.2, 0) is 0 Å². The highest BCUT2D eigenvalue weighted by Crippen LogP contribution is 2.28. The van der Waals surface area contributed by atoms with Crippen LogP contribution >= 0.6 is 11.6 Å². The summed E-state index contributed by atoms with van der Waals surface area (Å²) in [4.78, 5) is 19.6. The maximum atomic E-state index is 12.0. The number of hydrogen-bond acceptors (Lipinski definition) is 6. The van der Waals surface area contributed by atoms with Crippen LogP contribution in [0.2, 0.25) is 5.15 Å². The van der Waals surface area contributed by atoms with E-state index in [1.54, 1.807) is 0 Å². The zero-order valence-corrected chi connectivity index (χ0v) is 11.0. The van der Waals surface area contributed by atoms with E-state index in [-0.39, 0.29) is 22.5 Å². The molecule has 0 aliphatic heterocycles. The maximum Gasteiger partial charge on any atom is 0.261 e. The summed E-state index contributed by atoms with van der Waals surface area (Å²) >= 11 is 5.74. The van der Waals surface area contributed by atoms with Crippen molar-refractivity contribution in [3.05, 3.63) is 35.0 Å². The molecule has 20 heavy (non-hydrogen) atoms. The predicted molar refractivity (Wildman–Crippen MR) is 71.3 cm³/mol. The lowest BCUT2D eigenvalue weighted by Gasteiger charge is -2.07. The lowest BCUT2D eigenvalue weighted by atomic mass is 10.2. The molecular formula is C12H10ClN3O4. The first-order valence-electron chi connectivity index (χ1n) is 5.42. The highest BCUT2D eigenvalue weighted by Gasteiger charge is 2.15. The van der Waals surface area contributed by atoms with Crippen molar-refractivity contribution in [1.82, 2.24) is 9.97 Å². The summed E-state index contributed by atoms with van der Waals surface area (Å²) < 4.78 is 4.89. The third kappa shape index (κ3) is 2.89. The van der Waals surface area contributed by atoms with Crippen LogP contribution in [0.15, 0.2) is 24.3 Å². The Kier molecular flexibility index (Phi) is 3.90. The lowest BCUT2D eigenvalue weighted by Crippen LogP contribution is -2.14. The number of carbonyl (C=O) groups excluding carboxylic acids is 1. The Balaban J connectivity index is 2.28. The molecule has 0 aliphatic carbocycles. The van der Waals surface area contributed by atoms with E-state index in [0.717, 1.165) is 0 Å². The number of halogens is 1. The van der Waals surface area contributed by atoms with Crippen molar-refractivity contribution < 1.29 is 19.7 Å². The molecule has 0 atom stereocenters. The number of benzene rings is 1. The summed E-state index contributed by atoms with van der Waals surface area (Å²) in [5.41, 5.74) is -0.118. The van der Waals surface area contributed by atoms with E-state index in [9.17, 15) is 15.0 Å². The number of phenols is 2. The van der Waals surface area contributed by atoms with Crippen LogP contribution in [0.5, 0.6) is 17.4 Å². The molecule has 2 aromatic rings. The molecule has 0 spiro atoms. The number of hydrogen-bond donors (Lipinski definition) is 3. The minimum atomic E-state index is -0.692. The van der Waals surface area contributed by atoms with Crippen molar-refractivity contribution in [3.8, 4) is 17.4 Å². The number of anilines is 1. The third-order valence-corrected chi connectivity index (χ3v) is 2.56. The van der Waals surface area contributed by atoms with Gasteiger partial charge in [0.1, 0.15) is 5.15 Å². The highest BCUT2D eigenvalue weighted by atomic mass is 35.5. The fraction of sp³-hybridized carbons (Fsp3) is 0.0833. The zero-order valence-electron chi connectivity index (χ0n) is 10.3. The van der Waals surface area contributed by atoms with Gasteiger partial charge in [-0.05, 0) is 12.1 Å². The van der Waals surface area contributed by atoms with Gasteiger partial charge in [-0.15, -0.1) is 0 Å². The summed E-state index contributed by atoms with van der Waals surface area (Å²) in [7, 11) is 1.39. The van der Waals surface area contributed by atoms with E-state index in [1.165, 1.54) is 31.4 Å². The molecule has 8 heteroatoms. The van der Waals surface area contributed by atoms with Gasteiger partial charge < -0.3 is 14.9 Å². The van der Waals surface area contributed by atoms with Crippen molar-refractivity contribution >= 4 is 23.5 Å². The smallest absolute Gasteiger partial charge is 0.261 e. The number of ether oxygens (including phenoxy) is 1. The van der Waals surface area contributed by atoms with Crippen molar-refractivity contribution in [2.24, 2.45) is 0 Å². The molecule has 1 amide bonds. The highest BCUT2D eigenvalue weighted by molar-refractivity contribution is 6.29. The van der Waals surface area contributed by atoms with Crippen LogP contribution in [0.1, 0.15) is 10.4 Å². The Morgan fingerprint density at radius 2 is 2.10 bits per heavy atom. The van der Waals surface area contributed by atoms with E-state index in [4.69, 9.17) is 16.3 Å². The molecule has 0 fully saturated rings. The second kappa shape index (κ2) is 5.62. The first-order valence-corrected chi connectivity index (χ1v) is 5.80. The first kappa shape index (κ1) is 13.9. The zero-order chi connectivity index (χ0) is 14.7. The van der Waals surface area contributed by atoms with Crippen molar-refractivity contribution in [2.75, 3.05) is 12.4 Å². The van der Waals surface area contributed by atoms with E-state index >= 15 is 0 Å². The Morgan fingerprint density at radius 3 is 2.80 bits per heavy atom. The number of nitrogens with one attached hydrogen (secondary N) is 1. The molecule has 0 saturated heterocycles. The molecule has 0 bridgehead atoms. The molecule has 7 nitrogen and oxygen atoms in total. The van der Waals surface area contributed by atoms with Crippen LogP contribution in [0.3, 0.4) is 0 Å². The SMILES string of the molecule is COc1cc(Cl)nc(NC(=O)c2cccc(O)c2O)n1. The van der Waals surface area contributed by atoms with Crippen molar-refractivity contribution in [3.63, 3.8) is 0 Å². The summed E-state index contributed by atoms with van der Waals surface area (Å²) in [6, 6.07) is 5.39. The van der Waals surface area contributed by atoms with Gasteiger partial charge in [0.15, 0.2) is 11.5 Å². The number of nitrogens with zero attached hydrogens (tertiary/aromatic N) is 2. The second-order valence-electron chi connectivity index (χ2n) is 3.68. The average Bonchev–Trinajstić information content (AvgIpc) is 2.41. The number of rotatable bonds is 3. The Labute approximate surface area is 118 Å². The van der Waals surface area contributed by atoms with Gasteiger partial charge >= 0.3 is 0 Å². The van der Waals surface area contributed by atoms with Gasteiger partial charge in [0, 0.05) is 6.07 Å². The standard InChI is InChI=1S/C12H10ClN3O4/c1-20-9-5-8(13)14-12(15-9)16-11(19)6-3-2-4-7(17)10(6)18/h2-5,17-18H,1H3,(H,14,15,16,19). The molecular weight excluding hydrogens is 286 g/mol. The molecule has 0 aliphatic rings. The van der Waals surface area contributed by atoms with Crippen LogP contribution in [0.4, 0.5) is 5.95 Å². The topological polar surface area (TPSA) is 105 Å². The molecule has 1 aromatic carbocycles. The number of amides is 1. The molecule has 0 radical (unpaired) electrons. The second-order valence-corrected chi connectivity index (χ2v) is 4.07. The Morgan fingerprint density at radius 1 is 1.35 bits per heavy atom. The van der Waals surface area contributed by atoms with Crippen molar-refractivity contribution in [1.29, 1.82) is 0 Å². The maximum absolute atomic E-state index is 12.0. The van der Waals surface area contributed by atoms with Crippen molar-refractivity contribution in [2.45, 2.75) is 0 Å². The molecule has 0 saturated carbocycles. The summed E-state index contributed by atoms with van der Waals surface area (Å²) in [5, 5.41) is 21.4. The van der Waals surface area contributed by atoms with Gasteiger partial charge in [-0.2, -0.15) is 4.98 Å². The van der Waals surface area contributed by atoms with Gasteiger partial charge in [-0.3, -0.25) is 10.1 Å². The number of methoxy groups -OCH3 is 1. The van der Waals surface area contributed by atoms with Gasteiger partial charge in [0.05, 0.1) is 12.7 Å². The summed E-state index contributed by atoms with van der Waals surface area (Å²) in [6.45, 7) is 0. The van der Waals surface area contributed by atoms with E-state index in [2.05, 4.69) is 15.3 Å². The van der Waals surface area contributed by atoms with E-state index in [1.807, 2.05) is 0 Å². The Hall–Kier alpha value is -2.54. The fourth-order valence-corrected chi connectivity index (χ4v) is 1.61. The first-order chi connectivity index (χ1) is 9.51. The predicted octanol–water partition coefficient (Wildman–Crippen LogP) is 1.80. The Bertz CT molecular complexity index is 663. The average molecular weight is 296 g/mol. The number of carbonyl (C=O) groups is 1. The number of phenolic OH excluding ortho intramolecular Hbond substituents is 2. The van der Waals surface area contributed by atoms with Crippen LogP contribution in [0.25, 0.3) is 0 Å². The van der Waals surface area contributed by atoms with E-state index < -0.39 is 17.4 Å². The molecule has 104 valence electrons. The lowest BCUT2D eigenvalue weighted by molar-refractivity contribution is 0.102. The normalized spacial score (nSPS) is 10.1. The molecule has 0 unspecified atom stereocenters. The van der Waals surface area contributed by atoms with Crippen LogP contribution in [-0.4, -0.2) is 33.2 Å². The van der Waals surface area contributed by atoms with Gasteiger partial charge in [-0.1, -0.05) is 17.7 Å². The van der Waals surface area contributed by atoms with Crippen LogP contribution < -0.4 is 10.1 Å². The third-order valence-electron chi connectivity index (χ3n) is 2.37. The van der Waals surface area contributed by atoms with Gasteiger partial charge in [-0.25, -0.2) is 4.98 Å². The molecule has 1 aromatic heterocycles. The van der Waals surface area contributed by atoms with Crippen LogP contribution in [0, 0.1) is 0 Å². The number of aromatic nitrogens is 2. The minimum absolute atomic E-state index is 0.0814. The fourth-order valence-electron chi connectivity index (χ4n) is 1.44. The largest absolute Gasteiger partial charge is 0.504 e. The van der Waals surface area contributed by atoms with Gasteiger partial charge in [0.25, 0.3) is 5.91 Å². The number of para-hydroxylation sites is 1. The number of aromatic hydroxyl groups is 2. The minimum Gasteiger partial charge on any atom is -0.504 e. The summed E-state index contributed by atoms with van der Waals surface area (Å²) in [6.07, 6.45) is 0. The van der Waals surface area contributed by atoms with E-state index in [0.29, 0.717) is 0 Å².